The molecule has 1 aliphatic carbocycles. The van der Waals surface area contributed by atoms with Crippen LogP contribution in [0.3, 0.4) is 0 Å². The van der Waals surface area contributed by atoms with Gasteiger partial charge in [0.25, 0.3) is 0 Å². The van der Waals surface area contributed by atoms with Crippen molar-refractivity contribution in [2.45, 2.75) is 19.3 Å². The highest BCUT2D eigenvalue weighted by Gasteiger charge is 2.20. The van der Waals surface area contributed by atoms with Gasteiger partial charge in [-0.15, -0.1) is 11.8 Å². The molecule has 6 nitrogen and oxygen atoms in total. The van der Waals surface area contributed by atoms with Crippen LogP contribution in [0.2, 0.25) is 0 Å². The number of hydrogen-bond donors (Lipinski definition) is 3. The predicted octanol–water partition coefficient (Wildman–Crippen LogP) is 4.12. The molecular weight excluding hydrogens is 370 g/mol. The van der Waals surface area contributed by atoms with Crippen molar-refractivity contribution < 1.29 is 4.42 Å². The molecule has 1 aliphatic rings. The fourth-order valence-electron chi connectivity index (χ4n) is 2.91. The minimum Gasteiger partial charge on any atom is -0.457 e. The fourth-order valence-corrected chi connectivity index (χ4v) is 3.40. The lowest BCUT2D eigenvalue weighted by Gasteiger charge is -2.25. The lowest BCUT2D eigenvalue weighted by atomic mass is 9.83. The lowest BCUT2D eigenvalue weighted by molar-refractivity contribution is 0.366. The fraction of sp³-hybridized carbons (Fsp3) is 0.238. The summed E-state index contributed by atoms with van der Waals surface area (Å²) in [7, 11) is 0. The first-order chi connectivity index (χ1) is 13.7. The van der Waals surface area contributed by atoms with E-state index in [1.54, 1.807) is 11.8 Å². The monoisotopic (exact) mass is 395 g/mol. The molecule has 0 saturated heterocycles. The van der Waals surface area contributed by atoms with Gasteiger partial charge in [0.15, 0.2) is 5.84 Å². The number of nitrogens with two attached hydrogens (primary N) is 2. The van der Waals surface area contributed by atoms with Crippen LogP contribution in [0.5, 0.6) is 0 Å². The van der Waals surface area contributed by atoms with Crippen molar-refractivity contribution in [1.29, 1.82) is 0 Å². The van der Waals surface area contributed by atoms with Crippen LogP contribution < -0.4 is 17.1 Å². The van der Waals surface area contributed by atoms with Crippen molar-refractivity contribution in [3.8, 4) is 11.3 Å². The van der Waals surface area contributed by atoms with Gasteiger partial charge in [-0.25, -0.2) is 5.84 Å². The van der Waals surface area contributed by atoms with E-state index >= 15 is 0 Å². The standard InChI is InChI=1S/C21H25N5OS/c1-28-14-19(15-4-2-5-15)24-13-3-6-18-11-12-20(27-18)16-7-9-17(10-8-16)21(25-22)26-23/h3,6-15H,2,4-5,22-23H2,1H3,(H,25,26)/b6-3+,19-14-,24-13-. The largest absolute Gasteiger partial charge is 0.457 e. The SMILES string of the molecule is CS\C=C(/N=C\C=C\c1ccc(-c2ccc(/C(=N/N)NN)cc2)o1)C1CCC1. The first-order valence-corrected chi connectivity index (χ1v) is 10.4. The van der Waals surface area contributed by atoms with Crippen LogP contribution >= 0.6 is 11.8 Å². The quantitative estimate of drug-likeness (QED) is 0.283. The number of nitrogens with zero attached hydrogens (tertiary/aromatic N) is 2. The van der Waals surface area contributed by atoms with Gasteiger partial charge >= 0.3 is 0 Å². The average Bonchev–Trinajstić information content (AvgIpc) is 3.14. The molecule has 28 heavy (non-hydrogen) atoms. The number of hydrazine groups is 1. The minimum atomic E-state index is 0.422. The minimum absolute atomic E-state index is 0.422. The number of benzene rings is 1. The van der Waals surface area contributed by atoms with Crippen LogP contribution in [0.15, 0.2) is 68.1 Å². The molecule has 146 valence electrons. The van der Waals surface area contributed by atoms with E-state index in [-0.39, 0.29) is 0 Å². The summed E-state index contributed by atoms with van der Waals surface area (Å²) < 4.78 is 5.89. The molecule has 0 amide bonds. The van der Waals surface area contributed by atoms with Crippen LogP contribution in [0.1, 0.15) is 30.6 Å². The van der Waals surface area contributed by atoms with Gasteiger partial charge in [0.2, 0.25) is 0 Å². The van der Waals surface area contributed by atoms with Crippen molar-refractivity contribution in [3.63, 3.8) is 0 Å². The Morgan fingerprint density at radius 1 is 1.21 bits per heavy atom. The van der Waals surface area contributed by atoms with Crippen LogP contribution in [0, 0.1) is 5.92 Å². The Bertz CT molecular complexity index is 892. The van der Waals surface area contributed by atoms with Crippen LogP contribution in [0.25, 0.3) is 17.4 Å². The van der Waals surface area contributed by atoms with E-state index in [1.165, 1.54) is 25.0 Å². The topological polar surface area (TPSA) is 102 Å². The van der Waals surface area contributed by atoms with Gasteiger partial charge in [-0.2, -0.15) is 5.10 Å². The van der Waals surface area contributed by atoms with Crippen molar-refractivity contribution in [2.24, 2.45) is 27.7 Å². The highest BCUT2D eigenvalue weighted by Crippen LogP contribution is 2.34. The van der Waals surface area contributed by atoms with Crippen molar-refractivity contribution in [3.05, 3.63) is 64.9 Å². The second-order valence-corrected chi connectivity index (χ2v) is 7.15. The lowest BCUT2D eigenvalue weighted by Crippen LogP contribution is -2.31. The van der Waals surface area contributed by atoms with Crippen LogP contribution in [0.4, 0.5) is 0 Å². The van der Waals surface area contributed by atoms with Gasteiger partial charge in [0, 0.05) is 29.0 Å². The third-order valence-corrected chi connectivity index (χ3v) is 5.14. The van der Waals surface area contributed by atoms with E-state index in [9.17, 15) is 0 Å². The molecule has 2 aromatic rings. The molecule has 1 aromatic carbocycles. The highest BCUT2D eigenvalue weighted by molar-refractivity contribution is 8.01. The second kappa shape index (κ2) is 9.96. The Hall–Kier alpha value is -2.77. The van der Waals surface area contributed by atoms with Gasteiger partial charge < -0.3 is 15.7 Å². The Balaban J connectivity index is 1.64. The number of rotatable bonds is 7. The number of aliphatic imine (C=N–C) groups is 1. The van der Waals surface area contributed by atoms with Gasteiger partial charge in [0.05, 0.1) is 0 Å². The van der Waals surface area contributed by atoms with E-state index in [2.05, 4.69) is 27.2 Å². The molecule has 0 atom stereocenters. The molecule has 1 aromatic heterocycles. The van der Waals surface area contributed by atoms with E-state index in [4.69, 9.17) is 16.1 Å². The van der Waals surface area contributed by atoms with Crippen LogP contribution in [-0.4, -0.2) is 18.3 Å². The predicted molar refractivity (Wildman–Crippen MR) is 119 cm³/mol. The smallest absolute Gasteiger partial charge is 0.166 e. The Kier molecular flexibility index (Phi) is 7.11. The third-order valence-electron chi connectivity index (χ3n) is 4.67. The van der Waals surface area contributed by atoms with E-state index in [0.717, 1.165) is 22.6 Å². The molecule has 1 heterocycles. The number of thioether (sulfide) groups is 1. The number of hydrogen-bond acceptors (Lipinski definition) is 6. The maximum Gasteiger partial charge on any atom is 0.166 e. The molecule has 1 saturated carbocycles. The van der Waals surface area contributed by atoms with Gasteiger partial charge in [-0.05, 0) is 48.8 Å². The molecule has 0 unspecified atom stereocenters. The van der Waals surface area contributed by atoms with Crippen LogP contribution in [-0.2, 0) is 0 Å². The maximum atomic E-state index is 5.89. The number of furan rings is 1. The Morgan fingerprint density at radius 2 is 2.00 bits per heavy atom. The zero-order valence-electron chi connectivity index (χ0n) is 15.8. The van der Waals surface area contributed by atoms with Crippen molar-refractivity contribution >= 4 is 29.9 Å². The summed E-state index contributed by atoms with van der Waals surface area (Å²) in [6, 6.07) is 11.5. The zero-order chi connectivity index (χ0) is 19.8. The van der Waals surface area contributed by atoms with Gasteiger partial charge in [-0.3, -0.25) is 4.99 Å². The van der Waals surface area contributed by atoms with E-state index in [0.29, 0.717) is 11.8 Å². The number of amidine groups is 1. The summed E-state index contributed by atoms with van der Waals surface area (Å²) in [4.78, 5) is 4.61. The molecule has 7 heteroatoms. The molecule has 0 bridgehead atoms. The number of nitrogens with one attached hydrogen (secondary N) is 1. The van der Waals surface area contributed by atoms with Crippen molar-refractivity contribution in [1.82, 2.24) is 5.43 Å². The summed E-state index contributed by atoms with van der Waals surface area (Å²) in [6.45, 7) is 0. The van der Waals surface area contributed by atoms with Crippen molar-refractivity contribution in [2.75, 3.05) is 6.26 Å². The van der Waals surface area contributed by atoms with E-state index < -0.39 is 0 Å². The second-order valence-electron chi connectivity index (χ2n) is 6.44. The number of hydrazone groups is 1. The first-order valence-electron chi connectivity index (χ1n) is 9.14. The Morgan fingerprint density at radius 3 is 2.61 bits per heavy atom. The summed E-state index contributed by atoms with van der Waals surface area (Å²) in [6.07, 6.45) is 11.5. The Labute approximate surface area is 169 Å². The highest BCUT2D eigenvalue weighted by atomic mass is 32.2. The first kappa shape index (κ1) is 20.0. The maximum absolute atomic E-state index is 5.89. The summed E-state index contributed by atoms with van der Waals surface area (Å²) in [5, 5.41) is 5.74. The molecule has 0 radical (unpaired) electrons. The normalized spacial score (nSPS) is 16.1. The molecule has 0 aliphatic heterocycles. The average molecular weight is 396 g/mol. The number of allylic oxidation sites excluding steroid dienone is 2. The molecule has 5 N–H and O–H groups in total. The summed E-state index contributed by atoms with van der Waals surface area (Å²) in [5.41, 5.74) is 5.40. The molecule has 3 rings (SSSR count). The zero-order valence-corrected chi connectivity index (χ0v) is 16.7. The third kappa shape index (κ3) is 4.94. The summed E-state index contributed by atoms with van der Waals surface area (Å²) >= 11 is 1.70. The van der Waals surface area contributed by atoms with Gasteiger partial charge in [-0.1, -0.05) is 30.7 Å². The van der Waals surface area contributed by atoms with Gasteiger partial charge in [0.1, 0.15) is 11.5 Å². The van der Waals surface area contributed by atoms with E-state index in [1.807, 2.05) is 54.8 Å². The molecular formula is C21H25N5OS. The molecule has 0 spiro atoms. The summed E-state index contributed by atoms with van der Waals surface area (Å²) in [5.74, 6) is 13.3. The molecule has 1 fully saturated rings.